The average Bonchev–Trinajstić information content (AvgIpc) is 3.77. The lowest BCUT2D eigenvalue weighted by molar-refractivity contribution is 0.672. The van der Waals surface area contributed by atoms with E-state index in [9.17, 15) is 11.0 Å². The Morgan fingerprint density at radius 3 is 1.72 bits per heavy atom. The first-order valence-corrected chi connectivity index (χ1v) is 19.9. The predicted octanol–water partition coefficient (Wildman–Crippen LogP) is 16.7. The number of anilines is 3. The summed E-state index contributed by atoms with van der Waals surface area (Å²) in [5, 5.41) is 8.66. The number of benzene rings is 11. The Morgan fingerprint density at radius 2 is 0.933 bits per heavy atom. The lowest BCUT2D eigenvalue weighted by atomic mass is 9.93. The van der Waals surface area contributed by atoms with E-state index in [2.05, 4.69) is 0 Å². The molecule has 0 unspecified atom stereocenters. The van der Waals surface area contributed by atoms with Crippen molar-refractivity contribution in [2.24, 2.45) is 0 Å². The SMILES string of the molecule is [2H]c1c([2H])c(N(c2c([2H])c([2H])c(-c3cc4ccccc4c4ccccc34)c([2H])c2[2H])c2cccc3oc4c5ccccc5ccc4c23)c([2H])c([2H])c1-c1cccc(-c2cccc3ccccc23)c1. The van der Waals surface area contributed by atoms with Gasteiger partial charge in [0.05, 0.1) is 22.0 Å². The number of fused-ring (bicyclic) bond motifs is 9. The van der Waals surface area contributed by atoms with Crippen molar-refractivity contribution in [2.45, 2.75) is 0 Å². The Morgan fingerprint density at radius 1 is 0.350 bits per heavy atom. The van der Waals surface area contributed by atoms with Crippen molar-refractivity contribution in [2.75, 3.05) is 4.90 Å². The van der Waals surface area contributed by atoms with E-state index >= 15 is 0 Å². The van der Waals surface area contributed by atoms with Gasteiger partial charge in [0.2, 0.25) is 0 Å². The molecule has 0 atom stereocenters. The van der Waals surface area contributed by atoms with E-state index in [1.807, 2.05) is 152 Å². The first-order valence-electron chi connectivity index (χ1n) is 23.9. The minimum atomic E-state index is -0.423. The Kier molecular flexibility index (Phi) is 6.21. The average molecular weight is 772 g/mol. The summed E-state index contributed by atoms with van der Waals surface area (Å²) in [5.41, 5.74) is 3.87. The zero-order valence-electron chi connectivity index (χ0n) is 40.1. The van der Waals surface area contributed by atoms with E-state index in [-0.39, 0.29) is 46.7 Å². The van der Waals surface area contributed by atoms with Crippen LogP contribution in [0.4, 0.5) is 17.1 Å². The molecule has 0 saturated heterocycles. The van der Waals surface area contributed by atoms with Crippen LogP contribution in [0, 0.1) is 0 Å². The van der Waals surface area contributed by atoms with Crippen molar-refractivity contribution in [1.82, 2.24) is 0 Å². The third-order valence-corrected chi connectivity index (χ3v) is 11.6. The number of furan rings is 1. The number of rotatable bonds is 6. The van der Waals surface area contributed by atoms with Gasteiger partial charge in [-0.1, -0.05) is 170 Å². The molecule has 2 heteroatoms. The van der Waals surface area contributed by atoms with E-state index in [1.54, 1.807) is 24.3 Å². The van der Waals surface area contributed by atoms with Gasteiger partial charge in [0.15, 0.2) is 0 Å². The van der Waals surface area contributed by atoms with Gasteiger partial charge in [0.25, 0.3) is 0 Å². The van der Waals surface area contributed by atoms with Gasteiger partial charge in [-0.3, -0.25) is 0 Å². The zero-order valence-corrected chi connectivity index (χ0v) is 32.1. The summed E-state index contributed by atoms with van der Waals surface area (Å²) >= 11 is 0. The topological polar surface area (TPSA) is 16.4 Å². The Hall–Kier alpha value is -7.94. The molecular formula is C58H37NO. The molecule has 12 aromatic rings. The monoisotopic (exact) mass is 771 g/mol. The van der Waals surface area contributed by atoms with Gasteiger partial charge in [-0.15, -0.1) is 0 Å². The standard InChI is InChI=1S/C58H37NO/c1-4-18-47-39(12-1)15-10-23-48(47)43-17-9-16-42(36-43)38-26-31-45(32-27-38)59(55-24-11-25-56-57(55)53-35-30-40-13-2-6-20-50(40)58(53)60-56)46-33-28-41(29-34-46)54-37-44-14-3-5-19-49(44)51-21-7-8-22-52(51)54/h1-37H/i26D,27D,28D,29D,31D,32D,33D,34D. The summed E-state index contributed by atoms with van der Waals surface area (Å²) in [6, 6.07) is 53.1. The molecule has 1 heterocycles. The second kappa shape index (κ2) is 13.9. The quantitative estimate of drug-likeness (QED) is 0.157. The molecule has 1 aromatic heterocycles. The number of hydrogen-bond donors (Lipinski definition) is 0. The van der Waals surface area contributed by atoms with Crippen LogP contribution < -0.4 is 4.90 Å². The van der Waals surface area contributed by atoms with Crippen molar-refractivity contribution in [3.05, 3.63) is 224 Å². The van der Waals surface area contributed by atoms with Gasteiger partial charge in [-0.2, -0.15) is 0 Å². The fraction of sp³-hybridized carbons (Fsp3) is 0. The highest BCUT2D eigenvalue weighted by molar-refractivity contribution is 6.20. The molecule has 60 heavy (non-hydrogen) atoms. The highest BCUT2D eigenvalue weighted by Gasteiger charge is 2.21. The fourth-order valence-electron chi connectivity index (χ4n) is 8.77. The maximum Gasteiger partial charge on any atom is 0.143 e. The van der Waals surface area contributed by atoms with Gasteiger partial charge in [-0.05, 0) is 126 Å². The normalized spacial score (nSPS) is 13.5. The van der Waals surface area contributed by atoms with Crippen LogP contribution in [-0.2, 0) is 0 Å². The molecule has 0 aliphatic carbocycles. The maximum atomic E-state index is 9.88. The summed E-state index contributed by atoms with van der Waals surface area (Å²) < 4.78 is 84.8. The number of nitrogens with zero attached hydrogens (tertiary/aromatic N) is 1. The highest BCUT2D eigenvalue weighted by Crippen LogP contribution is 2.45. The highest BCUT2D eigenvalue weighted by atomic mass is 16.3. The lowest BCUT2D eigenvalue weighted by Gasteiger charge is -2.27. The van der Waals surface area contributed by atoms with Crippen LogP contribution in [0.1, 0.15) is 11.0 Å². The third kappa shape index (κ3) is 5.57. The maximum absolute atomic E-state index is 9.88. The van der Waals surface area contributed by atoms with Gasteiger partial charge in [0, 0.05) is 22.1 Å². The molecule has 0 amide bonds. The molecule has 0 bridgehead atoms. The smallest absolute Gasteiger partial charge is 0.143 e. The molecule has 0 radical (unpaired) electrons. The van der Waals surface area contributed by atoms with Crippen LogP contribution in [0.25, 0.3) is 98.4 Å². The largest absolute Gasteiger partial charge is 0.455 e. The van der Waals surface area contributed by atoms with Gasteiger partial charge in [-0.25, -0.2) is 0 Å². The van der Waals surface area contributed by atoms with Crippen LogP contribution in [0.2, 0.25) is 0 Å². The van der Waals surface area contributed by atoms with Crippen LogP contribution in [-0.4, -0.2) is 0 Å². The second-order valence-electron chi connectivity index (χ2n) is 15.0. The minimum absolute atomic E-state index is 0.0855. The molecular weight excluding hydrogens is 727 g/mol. The van der Waals surface area contributed by atoms with Gasteiger partial charge >= 0.3 is 0 Å². The van der Waals surface area contributed by atoms with Crippen LogP contribution in [0.5, 0.6) is 0 Å². The van der Waals surface area contributed by atoms with Crippen molar-refractivity contribution < 1.29 is 15.4 Å². The molecule has 11 aromatic carbocycles. The molecule has 0 saturated carbocycles. The molecule has 0 N–H and O–H groups in total. The van der Waals surface area contributed by atoms with E-state index in [0.29, 0.717) is 38.8 Å². The third-order valence-electron chi connectivity index (χ3n) is 11.6. The predicted molar refractivity (Wildman–Crippen MR) is 255 cm³/mol. The first-order chi connectivity index (χ1) is 33.1. The molecule has 0 aliphatic rings. The molecule has 0 fully saturated rings. The van der Waals surface area contributed by atoms with Gasteiger partial charge < -0.3 is 9.32 Å². The molecule has 2 nitrogen and oxygen atoms in total. The summed E-state index contributed by atoms with van der Waals surface area (Å²) in [5.74, 6) is 0. The van der Waals surface area contributed by atoms with Crippen molar-refractivity contribution in [1.29, 1.82) is 0 Å². The van der Waals surface area contributed by atoms with E-state index < -0.39 is 24.2 Å². The van der Waals surface area contributed by atoms with Crippen molar-refractivity contribution >= 4 is 82.1 Å². The van der Waals surface area contributed by atoms with E-state index in [1.165, 1.54) is 4.90 Å². The molecule has 280 valence electrons. The lowest BCUT2D eigenvalue weighted by Crippen LogP contribution is -2.10. The zero-order chi connectivity index (χ0) is 46.5. The summed E-state index contributed by atoms with van der Waals surface area (Å²) in [4.78, 5) is 1.38. The fourth-order valence-corrected chi connectivity index (χ4v) is 8.77. The minimum Gasteiger partial charge on any atom is -0.455 e. The van der Waals surface area contributed by atoms with E-state index in [0.717, 1.165) is 54.2 Å². The molecule has 0 aliphatic heterocycles. The van der Waals surface area contributed by atoms with E-state index in [4.69, 9.17) is 4.42 Å². The van der Waals surface area contributed by atoms with Crippen LogP contribution >= 0.6 is 0 Å². The Bertz CT molecular complexity index is 4040. The summed E-state index contributed by atoms with van der Waals surface area (Å²) in [7, 11) is 0. The van der Waals surface area contributed by atoms with Gasteiger partial charge in [0.1, 0.15) is 11.2 Å². The molecule has 0 spiro atoms. The van der Waals surface area contributed by atoms with Crippen molar-refractivity contribution in [3.63, 3.8) is 0 Å². The first kappa shape index (κ1) is 26.9. The van der Waals surface area contributed by atoms with Crippen molar-refractivity contribution in [3.8, 4) is 33.4 Å². The number of hydrogen-bond acceptors (Lipinski definition) is 2. The van der Waals surface area contributed by atoms with Crippen LogP contribution in [0.3, 0.4) is 0 Å². The molecule has 12 rings (SSSR count). The van der Waals surface area contributed by atoms with Crippen LogP contribution in [0.15, 0.2) is 229 Å². The summed E-state index contributed by atoms with van der Waals surface area (Å²) in [6.45, 7) is 0. The second-order valence-corrected chi connectivity index (χ2v) is 15.0. The Balaban J connectivity index is 1.13. The summed E-state index contributed by atoms with van der Waals surface area (Å²) in [6.07, 6.45) is 0. The Labute approximate surface area is 359 Å².